The largest absolute Gasteiger partial charge is 0.451 e. The lowest BCUT2D eigenvalue weighted by Gasteiger charge is -2.15. The molecular weight excluding hydrogens is 334 g/mol. The Hall–Kier alpha value is -2.92. The van der Waals surface area contributed by atoms with Gasteiger partial charge in [0, 0.05) is 11.1 Å². The highest BCUT2D eigenvalue weighted by atomic mass is 32.1. The van der Waals surface area contributed by atoms with Gasteiger partial charge in [-0.05, 0) is 22.6 Å². The van der Waals surface area contributed by atoms with Crippen LogP contribution in [-0.2, 0) is 9.53 Å². The second-order valence-electron chi connectivity index (χ2n) is 5.70. The van der Waals surface area contributed by atoms with Crippen LogP contribution in [0.2, 0.25) is 0 Å². The van der Waals surface area contributed by atoms with E-state index in [2.05, 4.69) is 5.32 Å². The molecular formula is C20H15NO3S. The van der Waals surface area contributed by atoms with Crippen LogP contribution in [0.4, 0.5) is 0 Å². The van der Waals surface area contributed by atoms with E-state index in [1.165, 1.54) is 11.3 Å². The molecule has 0 spiro atoms. The summed E-state index contributed by atoms with van der Waals surface area (Å²) in [6, 6.07) is 19.3. The Labute approximate surface area is 149 Å². The van der Waals surface area contributed by atoms with Crippen molar-refractivity contribution in [1.29, 1.82) is 0 Å². The third-order valence-electron chi connectivity index (χ3n) is 4.16. The molecule has 2 aromatic carbocycles. The van der Waals surface area contributed by atoms with Crippen LogP contribution in [0.3, 0.4) is 0 Å². The second-order valence-corrected chi connectivity index (χ2v) is 6.65. The summed E-state index contributed by atoms with van der Waals surface area (Å²) in [6.45, 7) is -0.155. The molecule has 124 valence electrons. The van der Waals surface area contributed by atoms with E-state index in [-0.39, 0.29) is 12.5 Å². The zero-order valence-electron chi connectivity index (χ0n) is 13.3. The minimum atomic E-state index is -0.457. The Bertz CT molecular complexity index is 888. The number of hydrogen-bond donors (Lipinski definition) is 1. The van der Waals surface area contributed by atoms with E-state index < -0.39 is 12.1 Å². The molecule has 0 saturated carbocycles. The van der Waals surface area contributed by atoms with E-state index in [1.54, 1.807) is 12.1 Å². The van der Waals surface area contributed by atoms with Crippen LogP contribution in [0.25, 0.3) is 11.1 Å². The summed E-state index contributed by atoms with van der Waals surface area (Å²) < 4.78 is 5.68. The molecule has 1 aliphatic rings. The monoisotopic (exact) mass is 349 g/mol. The van der Waals surface area contributed by atoms with Crippen LogP contribution in [0.15, 0.2) is 66.0 Å². The van der Waals surface area contributed by atoms with Gasteiger partial charge in [0.05, 0.1) is 4.88 Å². The highest BCUT2D eigenvalue weighted by Gasteiger charge is 2.30. The second kappa shape index (κ2) is 6.53. The van der Waals surface area contributed by atoms with Crippen LogP contribution in [0, 0.1) is 0 Å². The van der Waals surface area contributed by atoms with Gasteiger partial charge in [-0.1, -0.05) is 54.6 Å². The van der Waals surface area contributed by atoms with Crippen LogP contribution in [-0.4, -0.2) is 18.4 Å². The molecule has 0 atom stereocenters. The van der Waals surface area contributed by atoms with Gasteiger partial charge < -0.3 is 10.1 Å². The van der Waals surface area contributed by atoms with E-state index in [9.17, 15) is 9.59 Å². The number of fused-ring (bicyclic) bond motifs is 3. The lowest BCUT2D eigenvalue weighted by Crippen LogP contribution is -2.30. The minimum Gasteiger partial charge on any atom is -0.451 e. The number of nitrogens with one attached hydrogen (secondary N) is 1. The smallest absolute Gasteiger partial charge is 0.326 e. The normalized spacial score (nSPS) is 12.3. The van der Waals surface area contributed by atoms with Crippen molar-refractivity contribution in [2.75, 3.05) is 6.54 Å². The van der Waals surface area contributed by atoms with E-state index >= 15 is 0 Å². The van der Waals surface area contributed by atoms with E-state index in [0.717, 1.165) is 22.3 Å². The molecule has 0 radical (unpaired) electrons. The van der Waals surface area contributed by atoms with E-state index in [1.807, 2.05) is 53.9 Å². The number of esters is 1. The fourth-order valence-electron chi connectivity index (χ4n) is 3.06. The highest BCUT2D eigenvalue weighted by Crippen LogP contribution is 2.44. The summed E-state index contributed by atoms with van der Waals surface area (Å²) >= 11 is 1.33. The average molecular weight is 349 g/mol. The quantitative estimate of drug-likeness (QED) is 0.729. The maximum absolute atomic E-state index is 12.3. The van der Waals surface area contributed by atoms with Gasteiger partial charge in [-0.25, -0.2) is 0 Å². The van der Waals surface area contributed by atoms with Crippen molar-refractivity contribution in [2.45, 2.75) is 6.10 Å². The van der Waals surface area contributed by atoms with Crippen LogP contribution in [0.1, 0.15) is 26.9 Å². The van der Waals surface area contributed by atoms with Crippen molar-refractivity contribution in [3.05, 3.63) is 82.0 Å². The molecule has 1 heterocycles. The average Bonchev–Trinajstić information content (AvgIpc) is 3.28. The number of amides is 1. The van der Waals surface area contributed by atoms with E-state index in [4.69, 9.17) is 4.74 Å². The summed E-state index contributed by atoms with van der Waals surface area (Å²) in [5, 5.41) is 4.42. The van der Waals surface area contributed by atoms with Crippen molar-refractivity contribution >= 4 is 23.2 Å². The Kier molecular flexibility index (Phi) is 4.07. The van der Waals surface area contributed by atoms with E-state index in [0.29, 0.717) is 4.88 Å². The van der Waals surface area contributed by atoms with Crippen LogP contribution in [0.5, 0.6) is 0 Å². The Balaban J connectivity index is 1.49. The number of thiophene rings is 1. The fraction of sp³-hybridized carbons (Fsp3) is 0.100. The topological polar surface area (TPSA) is 55.4 Å². The molecule has 0 saturated heterocycles. The first-order valence-corrected chi connectivity index (χ1v) is 8.81. The molecule has 4 nitrogen and oxygen atoms in total. The SMILES string of the molecule is O=C(CNC(=O)c1cccs1)OC1c2ccccc2-c2ccccc21. The summed E-state index contributed by atoms with van der Waals surface area (Å²) in [4.78, 5) is 24.8. The van der Waals surface area contributed by atoms with Crippen molar-refractivity contribution in [3.63, 3.8) is 0 Å². The van der Waals surface area contributed by atoms with Crippen molar-refractivity contribution in [1.82, 2.24) is 5.32 Å². The first-order valence-electron chi connectivity index (χ1n) is 7.93. The Morgan fingerprint density at radius 1 is 0.920 bits per heavy atom. The van der Waals surface area contributed by atoms with Crippen LogP contribution < -0.4 is 5.32 Å². The zero-order valence-corrected chi connectivity index (χ0v) is 14.1. The molecule has 4 rings (SSSR count). The van der Waals surface area contributed by atoms with Gasteiger partial charge in [-0.15, -0.1) is 11.3 Å². The summed E-state index contributed by atoms with van der Waals surface area (Å²) in [6.07, 6.45) is -0.432. The van der Waals surface area contributed by atoms with Crippen molar-refractivity contribution < 1.29 is 14.3 Å². The van der Waals surface area contributed by atoms with Crippen LogP contribution >= 0.6 is 11.3 Å². The molecule has 0 unspecified atom stereocenters. The molecule has 3 aromatic rings. The number of benzene rings is 2. The van der Waals surface area contributed by atoms with Gasteiger partial charge in [-0.3, -0.25) is 9.59 Å². The van der Waals surface area contributed by atoms with Gasteiger partial charge in [0.1, 0.15) is 6.54 Å². The van der Waals surface area contributed by atoms with Gasteiger partial charge in [0.15, 0.2) is 6.10 Å². The summed E-state index contributed by atoms with van der Waals surface area (Å²) in [5.74, 6) is -0.722. The standard InChI is InChI=1S/C20H15NO3S/c22-18(12-21-20(23)17-10-5-11-25-17)24-19-15-8-3-1-6-13(15)14-7-2-4-9-16(14)19/h1-11,19H,12H2,(H,21,23). The molecule has 0 bridgehead atoms. The number of carbonyl (C=O) groups is 2. The molecule has 1 aliphatic carbocycles. The molecule has 5 heteroatoms. The summed E-state index contributed by atoms with van der Waals surface area (Å²) in [7, 11) is 0. The third-order valence-corrected chi connectivity index (χ3v) is 5.03. The lowest BCUT2D eigenvalue weighted by molar-refractivity contribution is -0.146. The van der Waals surface area contributed by atoms with Gasteiger partial charge in [-0.2, -0.15) is 0 Å². The number of hydrogen-bond acceptors (Lipinski definition) is 4. The molecule has 1 aromatic heterocycles. The molecule has 25 heavy (non-hydrogen) atoms. The lowest BCUT2D eigenvalue weighted by atomic mass is 10.1. The minimum absolute atomic E-state index is 0.155. The number of ether oxygens (including phenoxy) is 1. The Morgan fingerprint density at radius 2 is 1.56 bits per heavy atom. The Morgan fingerprint density at radius 3 is 2.16 bits per heavy atom. The van der Waals surface area contributed by atoms with Crippen molar-refractivity contribution in [2.24, 2.45) is 0 Å². The zero-order chi connectivity index (χ0) is 17.2. The predicted molar refractivity (Wildman–Crippen MR) is 96.5 cm³/mol. The maximum Gasteiger partial charge on any atom is 0.326 e. The molecule has 1 N–H and O–H groups in total. The summed E-state index contributed by atoms with van der Waals surface area (Å²) in [5.41, 5.74) is 4.11. The maximum atomic E-state index is 12.3. The third kappa shape index (κ3) is 2.94. The highest BCUT2D eigenvalue weighted by molar-refractivity contribution is 7.12. The first kappa shape index (κ1) is 15.6. The van der Waals surface area contributed by atoms with Gasteiger partial charge >= 0.3 is 5.97 Å². The first-order chi connectivity index (χ1) is 12.2. The fourth-order valence-corrected chi connectivity index (χ4v) is 3.70. The molecule has 0 aliphatic heterocycles. The number of carbonyl (C=O) groups excluding carboxylic acids is 2. The predicted octanol–water partition coefficient (Wildman–Crippen LogP) is 3.79. The van der Waals surface area contributed by atoms with Gasteiger partial charge in [0.2, 0.25) is 0 Å². The number of rotatable bonds is 4. The van der Waals surface area contributed by atoms with Gasteiger partial charge in [0.25, 0.3) is 5.91 Å². The molecule has 1 amide bonds. The molecule has 0 fully saturated rings. The van der Waals surface area contributed by atoms with Crippen molar-refractivity contribution in [3.8, 4) is 11.1 Å².